The molecule has 0 fully saturated rings. The highest BCUT2D eigenvalue weighted by molar-refractivity contribution is 9.10. The van der Waals surface area contributed by atoms with Gasteiger partial charge in [0.25, 0.3) is 0 Å². The maximum Gasteiger partial charge on any atom is 0.331 e. The van der Waals surface area contributed by atoms with E-state index >= 15 is 0 Å². The minimum Gasteiger partial charge on any atom is -0.478 e. The standard InChI is InChI=1S/C12H13BrO2/c1-3-11(8(2)12(14)15)9-5-4-6-10(13)7-9/h4-7H,3H2,1-2H3,(H,14,15)/b11-8+. The molecule has 1 aromatic rings. The quantitative estimate of drug-likeness (QED) is 0.849. The number of hydrogen-bond acceptors (Lipinski definition) is 1. The van der Waals surface area contributed by atoms with Crippen LogP contribution in [0, 0.1) is 0 Å². The summed E-state index contributed by atoms with van der Waals surface area (Å²) in [5.74, 6) is -0.855. The summed E-state index contributed by atoms with van der Waals surface area (Å²) >= 11 is 3.38. The van der Waals surface area contributed by atoms with Gasteiger partial charge in [0.1, 0.15) is 0 Å². The molecule has 1 aromatic carbocycles. The first-order valence-electron chi connectivity index (χ1n) is 4.75. The van der Waals surface area contributed by atoms with Crippen molar-refractivity contribution in [1.82, 2.24) is 0 Å². The molecule has 0 bridgehead atoms. The fourth-order valence-corrected chi connectivity index (χ4v) is 1.89. The molecule has 1 rings (SSSR count). The lowest BCUT2D eigenvalue weighted by Gasteiger charge is -2.08. The Balaban J connectivity index is 3.24. The third-order valence-corrected chi connectivity index (χ3v) is 2.79. The summed E-state index contributed by atoms with van der Waals surface area (Å²) in [7, 11) is 0. The van der Waals surface area contributed by atoms with Gasteiger partial charge in [-0.05, 0) is 36.6 Å². The monoisotopic (exact) mass is 268 g/mol. The molecule has 0 heterocycles. The molecule has 0 aliphatic rings. The molecule has 1 N–H and O–H groups in total. The van der Waals surface area contributed by atoms with Gasteiger partial charge in [0.15, 0.2) is 0 Å². The van der Waals surface area contributed by atoms with Gasteiger partial charge in [-0.1, -0.05) is 35.0 Å². The molecular formula is C12H13BrO2. The molecule has 0 radical (unpaired) electrons. The molecule has 2 nitrogen and oxygen atoms in total. The van der Waals surface area contributed by atoms with Crippen LogP contribution in [0.2, 0.25) is 0 Å². The first-order chi connectivity index (χ1) is 7.06. The van der Waals surface area contributed by atoms with Crippen LogP contribution in [-0.2, 0) is 4.79 Å². The lowest BCUT2D eigenvalue weighted by molar-refractivity contribution is -0.132. The molecular weight excluding hydrogens is 256 g/mol. The fraction of sp³-hybridized carbons (Fsp3) is 0.250. The molecule has 0 amide bonds. The molecule has 0 unspecified atom stereocenters. The molecule has 3 heteroatoms. The van der Waals surface area contributed by atoms with Gasteiger partial charge in [-0.15, -0.1) is 0 Å². The van der Waals surface area contributed by atoms with Crippen molar-refractivity contribution < 1.29 is 9.90 Å². The molecule has 0 aromatic heterocycles. The maximum absolute atomic E-state index is 10.9. The number of rotatable bonds is 3. The molecule has 0 aliphatic heterocycles. The largest absolute Gasteiger partial charge is 0.478 e. The number of carboxylic acids is 1. The van der Waals surface area contributed by atoms with Crippen LogP contribution in [0.4, 0.5) is 0 Å². The van der Waals surface area contributed by atoms with Crippen LogP contribution in [0.3, 0.4) is 0 Å². The second-order valence-electron chi connectivity index (χ2n) is 3.27. The lowest BCUT2D eigenvalue weighted by Crippen LogP contribution is -2.00. The van der Waals surface area contributed by atoms with E-state index < -0.39 is 5.97 Å². The number of hydrogen-bond donors (Lipinski definition) is 1. The van der Waals surface area contributed by atoms with Gasteiger partial charge in [-0.3, -0.25) is 0 Å². The predicted molar refractivity (Wildman–Crippen MR) is 64.7 cm³/mol. The van der Waals surface area contributed by atoms with E-state index in [0.717, 1.165) is 15.6 Å². The highest BCUT2D eigenvalue weighted by atomic mass is 79.9. The van der Waals surface area contributed by atoms with Crippen molar-refractivity contribution >= 4 is 27.5 Å². The van der Waals surface area contributed by atoms with Gasteiger partial charge in [0.05, 0.1) is 0 Å². The van der Waals surface area contributed by atoms with E-state index in [4.69, 9.17) is 5.11 Å². The zero-order valence-corrected chi connectivity index (χ0v) is 10.3. The van der Waals surface area contributed by atoms with Crippen LogP contribution < -0.4 is 0 Å². The number of carbonyl (C=O) groups is 1. The summed E-state index contributed by atoms with van der Waals surface area (Å²) in [5.41, 5.74) is 2.26. The Bertz CT molecular complexity index is 408. The van der Waals surface area contributed by atoms with Gasteiger partial charge < -0.3 is 5.11 Å². The van der Waals surface area contributed by atoms with Crippen LogP contribution in [0.25, 0.3) is 5.57 Å². The number of halogens is 1. The summed E-state index contributed by atoms with van der Waals surface area (Å²) in [4.78, 5) is 10.9. The van der Waals surface area contributed by atoms with Gasteiger partial charge >= 0.3 is 5.97 Å². The zero-order valence-electron chi connectivity index (χ0n) is 8.75. The second-order valence-corrected chi connectivity index (χ2v) is 4.19. The summed E-state index contributed by atoms with van der Waals surface area (Å²) in [6.45, 7) is 3.60. The third-order valence-electron chi connectivity index (χ3n) is 2.30. The zero-order chi connectivity index (χ0) is 11.4. The second kappa shape index (κ2) is 5.12. The topological polar surface area (TPSA) is 37.3 Å². The van der Waals surface area contributed by atoms with Crippen molar-refractivity contribution in [1.29, 1.82) is 0 Å². The molecule has 80 valence electrons. The normalized spacial score (nSPS) is 12.2. The van der Waals surface area contributed by atoms with Crippen LogP contribution in [-0.4, -0.2) is 11.1 Å². The average Bonchev–Trinajstić information content (AvgIpc) is 2.18. The first-order valence-corrected chi connectivity index (χ1v) is 5.54. The van der Waals surface area contributed by atoms with Crippen LogP contribution in [0.5, 0.6) is 0 Å². The molecule has 0 spiro atoms. The van der Waals surface area contributed by atoms with Crippen molar-refractivity contribution in [2.75, 3.05) is 0 Å². The van der Waals surface area contributed by atoms with E-state index in [1.54, 1.807) is 6.92 Å². The summed E-state index contributed by atoms with van der Waals surface area (Å²) in [5, 5.41) is 8.94. The maximum atomic E-state index is 10.9. The minimum absolute atomic E-state index is 0.413. The molecule has 0 atom stereocenters. The third kappa shape index (κ3) is 2.93. The van der Waals surface area contributed by atoms with Gasteiger partial charge in [-0.25, -0.2) is 4.79 Å². The van der Waals surface area contributed by atoms with E-state index in [0.29, 0.717) is 12.0 Å². The Morgan fingerprint density at radius 3 is 2.60 bits per heavy atom. The SMILES string of the molecule is CC/C(=C(/C)C(=O)O)c1cccc(Br)c1. The highest BCUT2D eigenvalue weighted by Crippen LogP contribution is 2.24. The fourth-order valence-electron chi connectivity index (χ4n) is 1.49. The van der Waals surface area contributed by atoms with Crippen LogP contribution >= 0.6 is 15.9 Å². The number of carboxylic acid groups (broad SMARTS) is 1. The number of benzene rings is 1. The summed E-state index contributed by atoms with van der Waals surface area (Å²) < 4.78 is 0.962. The Morgan fingerprint density at radius 2 is 2.13 bits per heavy atom. The van der Waals surface area contributed by atoms with E-state index in [1.807, 2.05) is 31.2 Å². The smallest absolute Gasteiger partial charge is 0.331 e. The summed E-state index contributed by atoms with van der Waals surface area (Å²) in [6.07, 6.45) is 0.717. The van der Waals surface area contributed by atoms with Gasteiger partial charge in [0.2, 0.25) is 0 Å². The Hall–Kier alpha value is -1.09. The van der Waals surface area contributed by atoms with Crippen molar-refractivity contribution in [3.8, 4) is 0 Å². The Labute approximate surface area is 97.8 Å². The van der Waals surface area contributed by atoms with Gasteiger partial charge in [0, 0.05) is 10.0 Å². The number of allylic oxidation sites excluding steroid dienone is 1. The van der Waals surface area contributed by atoms with Crippen LogP contribution in [0.15, 0.2) is 34.3 Å². The first kappa shape index (κ1) is 12.0. The lowest BCUT2D eigenvalue weighted by atomic mass is 9.98. The molecule has 0 saturated carbocycles. The minimum atomic E-state index is -0.855. The van der Waals surface area contributed by atoms with E-state index in [-0.39, 0.29) is 0 Å². The van der Waals surface area contributed by atoms with Crippen LogP contribution in [0.1, 0.15) is 25.8 Å². The Kier molecular flexibility index (Phi) is 4.09. The molecule has 0 saturated heterocycles. The van der Waals surface area contributed by atoms with Crippen molar-refractivity contribution in [2.24, 2.45) is 0 Å². The number of aliphatic carboxylic acids is 1. The summed E-state index contributed by atoms with van der Waals surface area (Å²) in [6, 6.07) is 7.69. The van der Waals surface area contributed by atoms with Crippen molar-refractivity contribution in [3.63, 3.8) is 0 Å². The highest BCUT2D eigenvalue weighted by Gasteiger charge is 2.09. The average molecular weight is 269 g/mol. The predicted octanol–water partition coefficient (Wildman–Crippen LogP) is 3.72. The van der Waals surface area contributed by atoms with E-state index in [1.165, 1.54) is 0 Å². The Morgan fingerprint density at radius 1 is 1.47 bits per heavy atom. The van der Waals surface area contributed by atoms with E-state index in [9.17, 15) is 4.79 Å². The van der Waals surface area contributed by atoms with Gasteiger partial charge in [-0.2, -0.15) is 0 Å². The van der Waals surface area contributed by atoms with E-state index in [2.05, 4.69) is 15.9 Å². The van der Waals surface area contributed by atoms with Crippen molar-refractivity contribution in [2.45, 2.75) is 20.3 Å². The molecule has 15 heavy (non-hydrogen) atoms. The molecule has 0 aliphatic carbocycles. The van der Waals surface area contributed by atoms with Crippen molar-refractivity contribution in [3.05, 3.63) is 39.9 Å².